The first-order valence-corrected chi connectivity index (χ1v) is 14.4. The van der Waals surface area contributed by atoms with Gasteiger partial charge in [0, 0.05) is 12.5 Å². The molecule has 1 saturated heterocycles. The largest absolute Gasteiger partial charge is 2.00 e. The molecule has 3 rings (SSSR count). The van der Waals surface area contributed by atoms with E-state index in [-0.39, 0.29) is 51.7 Å². The average molecular weight is 635 g/mol. The second-order valence-corrected chi connectivity index (χ2v) is 11.4. The molecule has 0 radical (unpaired) electrons. The molecule has 10 N–H and O–H groups in total. The number of carboxylic acid groups (broad SMARTS) is 1. The fourth-order valence-electron chi connectivity index (χ4n) is 2.96. The van der Waals surface area contributed by atoms with Gasteiger partial charge in [-0.05, 0) is 10.9 Å². The van der Waals surface area contributed by atoms with Crippen molar-refractivity contribution in [1.29, 1.82) is 0 Å². The first kappa shape index (κ1) is 39.6. The van der Waals surface area contributed by atoms with E-state index in [0.29, 0.717) is 22.7 Å². The van der Waals surface area contributed by atoms with E-state index in [0.717, 1.165) is 0 Å². The topological polar surface area (TPSA) is 372 Å². The first-order chi connectivity index (χ1) is 16.8. The summed E-state index contributed by atoms with van der Waals surface area (Å²) >= 11 is 0. The zero-order chi connectivity index (χ0) is 28.7. The van der Waals surface area contributed by atoms with E-state index in [1.807, 2.05) is 6.26 Å². The number of fused-ring (bicyclic) bond motifs is 1. The molecule has 1 fully saturated rings. The summed E-state index contributed by atoms with van der Waals surface area (Å²) < 4.78 is 73.1. The summed E-state index contributed by atoms with van der Waals surface area (Å²) in [4.78, 5) is 22.8. The Morgan fingerprint density at radius 1 is 1.15 bits per heavy atom. The Bertz CT molecular complexity index is 1220. The van der Waals surface area contributed by atoms with Gasteiger partial charge in [0.05, 0.1) is 18.6 Å². The maximum absolute atomic E-state index is 10.7. The molecule has 220 valence electrons. The number of hydrogen-bond acceptors (Lipinski definition) is 16. The minimum Gasteiger partial charge on any atom is -0.726 e. The van der Waals surface area contributed by atoms with Crippen LogP contribution in [0.25, 0.3) is 11.2 Å². The van der Waals surface area contributed by atoms with Crippen LogP contribution in [0.5, 0.6) is 0 Å². The molecule has 39 heavy (non-hydrogen) atoms. The van der Waals surface area contributed by atoms with E-state index in [1.54, 1.807) is 0 Å². The number of nitrogen functional groups attached to an aromatic ring is 1. The van der Waals surface area contributed by atoms with Crippen molar-refractivity contribution in [3.8, 4) is 0 Å². The third kappa shape index (κ3) is 14.6. The quantitative estimate of drug-likeness (QED) is 0.0713. The molecule has 0 aliphatic carbocycles. The van der Waals surface area contributed by atoms with Crippen LogP contribution in [0.2, 0.25) is 0 Å². The van der Waals surface area contributed by atoms with E-state index < -0.39 is 57.3 Å². The van der Waals surface area contributed by atoms with E-state index in [4.69, 9.17) is 51.3 Å². The minimum atomic E-state index is -4.92. The number of aliphatic hydroxyl groups is 2. The van der Waals surface area contributed by atoms with Gasteiger partial charge in [-0.25, -0.2) is 31.8 Å². The van der Waals surface area contributed by atoms with Crippen molar-refractivity contribution in [1.82, 2.24) is 19.5 Å². The molecule has 3 heterocycles. The number of imidazole rings is 1. The van der Waals surface area contributed by atoms with Crippen LogP contribution in [0.3, 0.4) is 0 Å². The van der Waals surface area contributed by atoms with Crippen molar-refractivity contribution in [2.45, 2.75) is 37.0 Å². The van der Waals surface area contributed by atoms with Gasteiger partial charge in [-0.3, -0.25) is 13.7 Å². The molecule has 20 nitrogen and oxygen atoms in total. The fraction of sp³-hybridized carbons (Fsp3) is 0.600. The molecule has 0 bridgehead atoms. The van der Waals surface area contributed by atoms with E-state index in [1.165, 1.54) is 17.2 Å². The predicted octanol–water partition coefficient (Wildman–Crippen LogP) is -6.45. The van der Waals surface area contributed by atoms with Crippen molar-refractivity contribution in [3.63, 3.8) is 0 Å². The number of anilines is 1. The Kier molecular flexibility index (Phi) is 16.9. The third-order valence-corrected chi connectivity index (χ3v) is 6.36. The normalized spacial score (nSPS) is 22.2. The van der Waals surface area contributed by atoms with Crippen molar-refractivity contribution in [2.75, 3.05) is 23.5 Å². The molecular weight excluding hydrogens is 609 g/mol. The second kappa shape index (κ2) is 16.7. The molecule has 0 aromatic carbocycles. The molecule has 0 spiro atoms. The van der Waals surface area contributed by atoms with Gasteiger partial charge in [-0.15, -0.1) is 0 Å². The molecule has 1 aliphatic heterocycles. The summed E-state index contributed by atoms with van der Waals surface area (Å²) in [7, 11) is -10.1. The Morgan fingerprint density at radius 3 is 2.15 bits per heavy atom. The molecule has 24 heteroatoms. The van der Waals surface area contributed by atoms with E-state index in [9.17, 15) is 20.1 Å². The molecule has 2 aromatic heterocycles. The maximum atomic E-state index is 10.7. The van der Waals surface area contributed by atoms with Gasteiger partial charge in [0.1, 0.15) is 41.7 Å². The Labute approximate surface area is 240 Å². The molecule has 2 aromatic rings. The molecule has 0 amide bonds. The van der Waals surface area contributed by atoms with Crippen LogP contribution in [0, 0.1) is 0 Å². The molecule has 0 saturated carbocycles. The zero-order valence-corrected chi connectivity index (χ0v) is 23.9. The van der Waals surface area contributed by atoms with Crippen LogP contribution in [0.15, 0.2) is 12.7 Å². The van der Waals surface area contributed by atoms with Gasteiger partial charge < -0.3 is 50.9 Å². The van der Waals surface area contributed by atoms with Gasteiger partial charge in [0.25, 0.3) is 0 Å². The van der Waals surface area contributed by atoms with Crippen LogP contribution in [0.4, 0.5) is 5.82 Å². The summed E-state index contributed by atoms with van der Waals surface area (Å²) in [5, 5.41) is 31.5. The number of carbonyl (C=O) groups excluding carboxylic acids is 1. The van der Waals surface area contributed by atoms with Gasteiger partial charge in [0.15, 0.2) is 17.7 Å². The molecule has 1 unspecified atom stereocenters. The van der Waals surface area contributed by atoms with Crippen LogP contribution in [-0.2, 0) is 41.2 Å². The molecule has 6 atom stereocenters. The predicted molar refractivity (Wildman–Crippen MR) is 130 cm³/mol. The van der Waals surface area contributed by atoms with Gasteiger partial charge in [-0.1, -0.05) is 0 Å². The summed E-state index contributed by atoms with van der Waals surface area (Å²) in [5.74, 6) is -0.0611. The third-order valence-electron chi connectivity index (χ3n) is 4.53. The van der Waals surface area contributed by atoms with Crippen LogP contribution in [-0.4, -0.2) is 141 Å². The van der Waals surface area contributed by atoms with Gasteiger partial charge in [-0.2, -0.15) is 0 Å². The second-order valence-electron chi connectivity index (χ2n) is 7.35. The fourth-order valence-corrected chi connectivity index (χ4v) is 4.62. The number of hydrogen-bond donors (Lipinski definition) is 6. The number of carbonyl (C=O) groups is 1. The summed E-state index contributed by atoms with van der Waals surface area (Å²) in [6.07, 6.45) is 1.17. The number of aliphatic hydroxyl groups excluding tert-OH is 2. The van der Waals surface area contributed by atoms with Crippen LogP contribution < -0.4 is 16.6 Å². The van der Waals surface area contributed by atoms with E-state index >= 15 is 0 Å². The van der Waals surface area contributed by atoms with Crippen molar-refractivity contribution in [3.05, 3.63) is 12.7 Å². The number of carboxylic acids is 1. The summed E-state index contributed by atoms with van der Waals surface area (Å²) in [6, 6.07) is -1.02. The Morgan fingerprint density at radius 2 is 1.67 bits per heavy atom. The van der Waals surface area contributed by atoms with Crippen molar-refractivity contribution in [2.24, 2.45) is 5.73 Å². The average Bonchev–Trinajstić information content (AvgIpc) is 3.27. The van der Waals surface area contributed by atoms with Crippen LogP contribution >= 0.6 is 0 Å². The van der Waals surface area contributed by atoms with Gasteiger partial charge >= 0.3 is 23.1 Å². The van der Waals surface area contributed by atoms with Crippen molar-refractivity contribution >= 4 is 77.7 Å². The number of nitrogens with zero attached hydrogens (tertiary/aromatic N) is 4. The Hall–Kier alpha value is -1.52. The summed E-state index contributed by atoms with van der Waals surface area (Å²) in [6.45, 7) is 0. The number of aromatic nitrogens is 4. The number of nitrogens with two attached hydrogens (primary N) is 2. The smallest absolute Gasteiger partial charge is 0.726 e. The number of aliphatic carboxylic acids is 1. The van der Waals surface area contributed by atoms with Crippen molar-refractivity contribution < 1.29 is 65.4 Å². The maximum Gasteiger partial charge on any atom is 2.00 e. The monoisotopic (exact) mass is 634 g/mol. The summed E-state index contributed by atoms with van der Waals surface area (Å²) in [5.41, 5.74) is 12.0. The SMILES string of the molecule is C[S+](CC[C@H](N)C(=O)[O-])C[C@H]1O[C@@H](n2cnc3c(N)ncnc32)[C@H](O)[C@@H]1O.O.O=S(=O)([O-])O.O=S(=O)([O-])O.[Mg+2]. The standard InChI is InChI=1S/C15H22N6O5S.Mg.2H2O4S.H2O/c1-27(3-2-7(16)15(24)25)4-8-10(22)11(23)14(26-8)21-6-20-9-12(17)18-5-19-13(9)21;;2*1-5(2,3)4;/h5-8,10-11,14,22-23H,2-4,16H2,1H3,(H2-,17,18,19,24,25);;2*(H2,1,2,3,4);1H2/q;+2;;;/p-2/t7-,8+,10+,11+,14+,27?;;;;/m0..../s1. The molecule has 1 aliphatic rings. The Balaban J connectivity index is 0. The zero-order valence-electron chi connectivity index (χ0n) is 20.0. The number of rotatable bonds is 7. The van der Waals surface area contributed by atoms with Crippen LogP contribution in [0.1, 0.15) is 12.6 Å². The minimum absolute atomic E-state index is 0. The first-order valence-electron chi connectivity index (χ1n) is 9.66. The molecular formula is C15H26MgN6O14S3. The van der Waals surface area contributed by atoms with Gasteiger partial charge in [0.2, 0.25) is 20.8 Å². The number of ether oxygens (including phenoxy) is 1. The van der Waals surface area contributed by atoms with E-state index in [2.05, 4.69) is 15.0 Å².